The zero-order valence-electron chi connectivity index (χ0n) is 12.6. The third-order valence-electron chi connectivity index (χ3n) is 3.47. The van der Waals surface area contributed by atoms with E-state index >= 15 is 0 Å². The smallest absolute Gasteiger partial charge is 0.179 e. The third-order valence-corrected chi connectivity index (χ3v) is 3.79. The predicted molar refractivity (Wildman–Crippen MR) is 83.6 cm³/mol. The SMILES string of the molecule is CCCCOCCCn1c(=S)[nH]c2c(CC)nn(C)c21. The van der Waals surface area contributed by atoms with Crippen molar-refractivity contribution in [2.75, 3.05) is 13.2 Å². The summed E-state index contributed by atoms with van der Waals surface area (Å²) in [4.78, 5) is 3.28. The van der Waals surface area contributed by atoms with Crippen LogP contribution in [0.3, 0.4) is 0 Å². The minimum absolute atomic E-state index is 0.774. The van der Waals surface area contributed by atoms with E-state index in [0.717, 1.165) is 60.6 Å². The average Bonchev–Trinajstić information content (AvgIpc) is 2.91. The van der Waals surface area contributed by atoms with E-state index in [2.05, 4.69) is 28.5 Å². The molecule has 112 valence electrons. The fourth-order valence-corrected chi connectivity index (χ4v) is 2.69. The number of aromatic amines is 1. The van der Waals surface area contributed by atoms with Gasteiger partial charge in [0.05, 0.1) is 5.69 Å². The maximum Gasteiger partial charge on any atom is 0.179 e. The molecule has 0 atom stereocenters. The van der Waals surface area contributed by atoms with Crippen LogP contribution in [0.5, 0.6) is 0 Å². The van der Waals surface area contributed by atoms with E-state index in [9.17, 15) is 0 Å². The molecule has 2 rings (SSSR count). The summed E-state index contributed by atoms with van der Waals surface area (Å²) < 4.78 is 10.4. The van der Waals surface area contributed by atoms with Crippen molar-refractivity contribution in [2.24, 2.45) is 7.05 Å². The second kappa shape index (κ2) is 7.04. The number of hydrogen-bond donors (Lipinski definition) is 1. The van der Waals surface area contributed by atoms with Gasteiger partial charge in [-0.3, -0.25) is 4.68 Å². The van der Waals surface area contributed by atoms with Crippen LogP contribution in [0.4, 0.5) is 0 Å². The van der Waals surface area contributed by atoms with Gasteiger partial charge in [-0.25, -0.2) is 0 Å². The normalized spacial score (nSPS) is 11.6. The van der Waals surface area contributed by atoms with Gasteiger partial charge in [-0.15, -0.1) is 0 Å². The fraction of sp³-hybridized carbons (Fsp3) is 0.714. The van der Waals surface area contributed by atoms with Crippen molar-refractivity contribution in [1.29, 1.82) is 0 Å². The highest BCUT2D eigenvalue weighted by atomic mass is 32.1. The zero-order valence-corrected chi connectivity index (χ0v) is 13.4. The Morgan fingerprint density at radius 1 is 1.25 bits per heavy atom. The van der Waals surface area contributed by atoms with E-state index in [1.807, 2.05) is 11.7 Å². The van der Waals surface area contributed by atoms with Gasteiger partial charge in [-0.1, -0.05) is 20.3 Å². The molecule has 0 fully saturated rings. The van der Waals surface area contributed by atoms with Crippen LogP contribution in [0.25, 0.3) is 11.2 Å². The number of imidazole rings is 1. The van der Waals surface area contributed by atoms with Crippen molar-refractivity contribution in [2.45, 2.75) is 46.1 Å². The number of fused-ring (bicyclic) bond motifs is 1. The molecular formula is C14H24N4OS. The first kappa shape index (κ1) is 15.3. The molecule has 2 heterocycles. The Morgan fingerprint density at radius 3 is 2.70 bits per heavy atom. The molecule has 0 aliphatic heterocycles. The number of ether oxygens (including phenoxy) is 1. The van der Waals surface area contributed by atoms with Crippen molar-refractivity contribution in [3.8, 4) is 0 Å². The maximum atomic E-state index is 5.60. The van der Waals surface area contributed by atoms with Crippen molar-refractivity contribution in [3.05, 3.63) is 10.5 Å². The Labute approximate surface area is 124 Å². The predicted octanol–water partition coefficient (Wildman–Crippen LogP) is 3.20. The summed E-state index contributed by atoms with van der Waals surface area (Å²) in [5, 5.41) is 4.53. The summed E-state index contributed by atoms with van der Waals surface area (Å²) in [6, 6.07) is 0. The monoisotopic (exact) mass is 296 g/mol. The number of unbranched alkanes of at least 4 members (excludes halogenated alkanes) is 1. The third kappa shape index (κ3) is 3.12. The fourth-order valence-electron chi connectivity index (χ4n) is 2.41. The Morgan fingerprint density at radius 2 is 2.00 bits per heavy atom. The van der Waals surface area contributed by atoms with E-state index in [4.69, 9.17) is 17.0 Å². The van der Waals surface area contributed by atoms with Crippen LogP contribution in [-0.2, 0) is 24.8 Å². The largest absolute Gasteiger partial charge is 0.381 e. The van der Waals surface area contributed by atoms with Gasteiger partial charge < -0.3 is 14.3 Å². The van der Waals surface area contributed by atoms with Crippen LogP contribution in [0, 0.1) is 4.77 Å². The van der Waals surface area contributed by atoms with Crippen LogP contribution in [0.15, 0.2) is 0 Å². The zero-order chi connectivity index (χ0) is 14.5. The molecule has 0 saturated heterocycles. The molecule has 0 aromatic carbocycles. The Bertz CT molecular complexity index is 610. The molecule has 0 radical (unpaired) electrons. The van der Waals surface area contributed by atoms with Gasteiger partial charge in [0.1, 0.15) is 5.52 Å². The number of hydrogen-bond acceptors (Lipinski definition) is 3. The number of nitrogens with zero attached hydrogens (tertiary/aromatic N) is 3. The number of H-pyrrole nitrogens is 1. The second-order valence-corrected chi connectivity index (χ2v) is 5.41. The molecule has 5 nitrogen and oxygen atoms in total. The van der Waals surface area contributed by atoms with Gasteiger partial charge in [0.25, 0.3) is 0 Å². The average molecular weight is 296 g/mol. The molecule has 0 aliphatic carbocycles. The summed E-state index contributed by atoms with van der Waals surface area (Å²) in [6.45, 7) is 6.79. The topological polar surface area (TPSA) is 47.8 Å². The van der Waals surface area contributed by atoms with E-state index in [1.54, 1.807) is 0 Å². The molecule has 2 aromatic heterocycles. The number of nitrogens with one attached hydrogen (secondary N) is 1. The lowest BCUT2D eigenvalue weighted by molar-refractivity contribution is 0.126. The molecule has 0 saturated carbocycles. The van der Waals surface area contributed by atoms with Crippen LogP contribution in [-0.4, -0.2) is 32.5 Å². The van der Waals surface area contributed by atoms with Crippen LogP contribution in [0.2, 0.25) is 0 Å². The molecule has 0 spiro atoms. The van der Waals surface area contributed by atoms with E-state index < -0.39 is 0 Å². The van der Waals surface area contributed by atoms with E-state index in [-0.39, 0.29) is 0 Å². The lowest BCUT2D eigenvalue weighted by Gasteiger charge is -2.06. The summed E-state index contributed by atoms with van der Waals surface area (Å²) in [5.41, 5.74) is 3.24. The van der Waals surface area contributed by atoms with Gasteiger partial charge in [-0.2, -0.15) is 5.10 Å². The summed E-state index contributed by atoms with van der Waals surface area (Å²) in [5.74, 6) is 0. The highest BCUT2D eigenvalue weighted by molar-refractivity contribution is 7.71. The van der Waals surface area contributed by atoms with Crippen LogP contribution >= 0.6 is 12.2 Å². The minimum Gasteiger partial charge on any atom is -0.381 e. The molecular weight excluding hydrogens is 272 g/mol. The Kier molecular flexibility index (Phi) is 5.37. The molecule has 1 N–H and O–H groups in total. The van der Waals surface area contributed by atoms with Gasteiger partial charge in [0.15, 0.2) is 10.4 Å². The van der Waals surface area contributed by atoms with E-state index in [1.165, 1.54) is 6.42 Å². The quantitative estimate of drug-likeness (QED) is 0.601. The first-order chi connectivity index (χ1) is 9.69. The molecule has 20 heavy (non-hydrogen) atoms. The standard InChI is InChI=1S/C14H24N4OS/c1-4-6-9-19-10-7-8-18-13-12(15-14(18)20)11(5-2)16-17(13)3/h4-10H2,1-3H3,(H,15,20). The number of rotatable bonds is 8. The summed E-state index contributed by atoms with van der Waals surface area (Å²) >= 11 is 5.42. The van der Waals surface area contributed by atoms with Gasteiger partial charge in [0, 0.05) is 26.8 Å². The molecule has 0 bridgehead atoms. The summed E-state index contributed by atoms with van der Waals surface area (Å²) in [6.07, 6.45) is 4.19. The van der Waals surface area contributed by atoms with Crippen molar-refractivity contribution in [3.63, 3.8) is 0 Å². The second-order valence-electron chi connectivity index (χ2n) is 5.02. The number of aromatic nitrogens is 4. The first-order valence-corrected chi connectivity index (χ1v) is 7.82. The number of aryl methyl sites for hydroxylation is 3. The van der Waals surface area contributed by atoms with Crippen molar-refractivity contribution >= 4 is 23.4 Å². The molecule has 6 heteroatoms. The van der Waals surface area contributed by atoms with E-state index in [0.29, 0.717) is 0 Å². The van der Waals surface area contributed by atoms with Crippen molar-refractivity contribution in [1.82, 2.24) is 19.3 Å². The molecule has 0 amide bonds. The van der Waals surface area contributed by atoms with Gasteiger partial charge in [-0.05, 0) is 31.5 Å². The molecule has 0 aliphatic rings. The molecule has 0 unspecified atom stereocenters. The Hall–Kier alpha value is -1.14. The first-order valence-electron chi connectivity index (χ1n) is 7.41. The van der Waals surface area contributed by atoms with Crippen LogP contribution in [0.1, 0.15) is 38.8 Å². The highest BCUT2D eigenvalue weighted by Gasteiger charge is 2.13. The highest BCUT2D eigenvalue weighted by Crippen LogP contribution is 2.18. The minimum atomic E-state index is 0.774. The molecule has 2 aromatic rings. The van der Waals surface area contributed by atoms with Gasteiger partial charge in [0.2, 0.25) is 0 Å². The Balaban J connectivity index is 2.04. The lowest BCUT2D eigenvalue weighted by Crippen LogP contribution is -2.06. The lowest BCUT2D eigenvalue weighted by atomic mass is 10.3. The summed E-state index contributed by atoms with van der Waals surface area (Å²) in [7, 11) is 1.97. The van der Waals surface area contributed by atoms with Gasteiger partial charge >= 0.3 is 0 Å². The van der Waals surface area contributed by atoms with Crippen LogP contribution < -0.4 is 0 Å². The maximum absolute atomic E-state index is 5.60. The van der Waals surface area contributed by atoms with Crippen molar-refractivity contribution < 1.29 is 4.74 Å².